The summed E-state index contributed by atoms with van der Waals surface area (Å²) in [5.74, 6) is 4.23. The zero-order chi connectivity index (χ0) is 25.3. The average Bonchev–Trinajstić information content (AvgIpc) is 3.32. The molecule has 0 amide bonds. The normalized spacial score (nSPS) is 12.7. The van der Waals surface area contributed by atoms with Gasteiger partial charge in [0.25, 0.3) is 0 Å². The van der Waals surface area contributed by atoms with E-state index >= 15 is 0 Å². The van der Waals surface area contributed by atoms with Crippen molar-refractivity contribution in [2.24, 2.45) is 0 Å². The van der Waals surface area contributed by atoms with Crippen molar-refractivity contribution in [3.05, 3.63) is 71.5 Å². The van der Waals surface area contributed by atoms with Crippen molar-refractivity contribution >= 4 is 55.3 Å². The average molecular weight is 497 g/mol. The molecule has 3 heterocycles. The Labute approximate surface area is 212 Å². The molecule has 5 N–H and O–H groups in total. The molecular formula is C27H24N6O2S. The third-order valence-electron chi connectivity index (χ3n) is 5.87. The third kappa shape index (κ3) is 4.35. The van der Waals surface area contributed by atoms with Crippen LogP contribution in [0.15, 0.2) is 60.4 Å². The summed E-state index contributed by atoms with van der Waals surface area (Å²) < 4.78 is 6.19. The molecule has 180 valence electrons. The number of thiophene rings is 1. The number of nitrogens with zero attached hydrogens (tertiary/aromatic N) is 3. The van der Waals surface area contributed by atoms with E-state index in [1.165, 1.54) is 17.7 Å². The van der Waals surface area contributed by atoms with Crippen LogP contribution >= 0.6 is 11.3 Å². The number of aromatic nitrogens is 3. The Balaban J connectivity index is 1.49. The molecule has 0 saturated carbocycles. The van der Waals surface area contributed by atoms with Crippen LogP contribution in [-0.2, 0) is 5.72 Å². The molecule has 5 aromatic rings. The van der Waals surface area contributed by atoms with Crippen LogP contribution in [0.3, 0.4) is 0 Å². The van der Waals surface area contributed by atoms with Gasteiger partial charge in [0, 0.05) is 39.3 Å². The quantitative estimate of drug-likeness (QED) is 0.180. The van der Waals surface area contributed by atoms with Gasteiger partial charge in [-0.1, -0.05) is 18.1 Å². The highest BCUT2D eigenvalue weighted by molar-refractivity contribution is 7.18. The van der Waals surface area contributed by atoms with Gasteiger partial charge in [-0.3, -0.25) is 0 Å². The minimum Gasteiger partial charge on any atom is -0.481 e. The number of hydrogen-bond acceptors (Lipinski definition) is 9. The lowest BCUT2D eigenvalue weighted by molar-refractivity contribution is 0.0906. The highest BCUT2D eigenvalue weighted by Crippen LogP contribution is 2.38. The molecule has 0 aliphatic rings. The highest BCUT2D eigenvalue weighted by Gasteiger charge is 2.29. The maximum Gasteiger partial charge on any atom is 0.161 e. The molecule has 2 aromatic carbocycles. The number of rotatable bonds is 7. The van der Waals surface area contributed by atoms with Gasteiger partial charge in [0.2, 0.25) is 0 Å². The first kappa shape index (κ1) is 23.4. The van der Waals surface area contributed by atoms with Gasteiger partial charge in [-0.2, -0.15) is 0 Å². The second-order valence-corrected chi connectivity index (χ2v) is 9.32. The molecular weight excluding hydrogens is 472 g/mol. The lowest BCUT2D eigenvalue weighted by atomic mass is 10.0. The fourth-order valence-corrected chi connectivity index (χ4v) is 5.08. The van der Waals surface area contributed by atoms with Crippen LogP contribution in [0.4, 0.5) is 23.0 Å². The summed E-state index contributed by atoms with van der Waals surface area (Å²) in [5, 5.41) is 21.9. The Hall–Kier alpha value is -4.39. The van der Waals surface area contributed by atoms with E-state index in [1.807, 2.05) is 54.8 Å². The van der Waals surface area contributed by atoms with Crippen LogP contribution < -0.4 is 21.1 Å². The van der Waals surface area contributed by atoms with E-state index < -0.39 is 5.72 Å². The zero-order valence-corrected chi connectivity index (χ0v) is 20.6. The second-order valence-electron chi connectivity index (χ2n) is 8.44. The van der Waals surface area contributed by atoms with E-state index in [2.05, 4.69) is 31.5 Å². The van der Waals surface area contributed by atoms with Crippen LogP contribution in [0, 0.1) is 19.3 Å². The Bertz CT molecular complexity index is 1610. The number of pyridine rings is 1. The van der Waals surface area contributed by atoms with Gasteiger partial charge >= 0.3 is 0 Å². The summed E-state index contributed by atoms with van der Waals surface area (Å²) in [6.07, 6.45) is 8.40. The Morgan fingerprint density at radius 2 is 1.92 bits per heavy atom. The molecule has 9 heteroatoms. The van der Waals surface area contributed by atoms with Gasteiger partial charge < -0.3 is 26.2 Å². The Morgan fingerprint density at radius 1 is 1.11 bits per heavy atom. The van der Waals surface area contributed by atoms with Crippen molar-refractivity contribution in [2.75, 3.05) is 23.0 Å². The van der Waals surface area contributed by atoms with Gasteiger partial charge in [0.1, 0.15) is 30.3 Å². The Kier molecular flexibility index (Phi) is 6.06. The number of fused-ring (bicyclic) bond motifs is 2. The highest BCUT2D eigenvalue weighted by atomic mass is 32.1. The maximum absolute atomic E-state index is 11.5. The fourth-order valence-electron chi connectivity index (χ4n) is 4.05. The van der Waals surface area contributed by atoms with Crippen molar-refractivity contribution in [3.63, 3.8) is 0 Å². The fraction of sp³-hybridized carbons (Fsp3) is 0.148. The van der Waals surface area contributed by atoms with Crippen molar-refractivity contribution < 1.29 is 9.84 Å². The predicted octanol–water partition coefficient (Wildman–Crippen LogP) is 5.16. The molecule has 3 aromatic heterocycles. The topological polar surface area (TPSA) is 118 Å². The van der Waals surface area contributed by atoms with E-state index in [0.29, 0.717) is 28.5 Å². The summed E-state index contributed by atoms with van der Waals surface area (Å²) >= 11 is 1.41. The molecule has 0 aliphatic heterocycles. The number of nitrogens with two attached hydrogens (primary N) is 1. The summed E-state index contributed by atoms with van der Waals surface area (Å²) in [5.41, 5.74) is 8.47. The molecule has 36 heavy (non-hydrogen) atoms. The van der Waals surface area contributed by atoms with Gasteiger partial charge in [0.15, 0.2) is 5.72 Å². The lowest BCUT2D eigenvalue weighted by Crippen LogP contribution is -2.31. The number of benzene rings is 2. The van der Waals surface area contributed by atoms with Crippen LogP contribution in [0.25, 0.3) is 21.0 Å². The van der Waals surface area contributed by atoms with Crippen molar-refractivity contribution in [1.29, 1.82) is 0 Å². The number of aryl methyl sites for hydroxylation is 1. The molecule has 8 nitrogen and oxygen atoms in total. The molecule has 0 spiro atoms. The monoisotopic (exact) mass is 496 g/mol. The lowest BCUT2D eigenvalue weighted by Gasteiger charge is -2.28. The number of aliphatic hydroxyl groups is 1. The molecule has 0 radical (unpaired) electrons. The summed E-state index contributed by atoms with van der Waals surface area (Å²) in [6, 6.07) is 13.4. The van der Waals surface area contributed by atoms with Crippen molar-refractivity contribution in [3.8, 4) is 18.1 Å². The van der Waals surface area contributed by atoms with E-state index in [1.54, 1.807) is 13.1 Å². The number of anilines is 4. The minimum atomic E-state index is -1.41. The number of nitrogen functional groups attached to an aromatic ring is 1. The van der Waals surface area contributed by atoms with E-state index in [-0.39, 0.29) is 6.61 Å². The smallest absolute Gasteiger partial charge is 0.161 e. The molecule has 0 saturated heterocycles. The van der Waals surface area contributed by atoms with Crippen molar-refractivity contribution in [1.82, 2.24) is 15.0 Å². The summed E-state index contributed by atoms with van der Waals surface area (Å²) in [7, 11) is 0. The van der Waals surface area contributed by atoms with Crippen LogP contribution in [0.5, 0.6) is 5.75 Å². The number of nitrogens with one attached hydrogen (secondary N) is 2. The summed E-state index contributed by atoms with van der Waals surface area (Å²) in [6.45, 7) is 3.92. The van der Waals surface area contributed by atoms with Crippen molar-refractivity contribution in [2.45, 2.75) is 19.6 Å². The van der Waals surface area contributed by atoms with E-state index in [4.69, 9.17) is 16.9 Å². The SMILES string of the molecule is C#CCOc1ccc(Nc2nccc3c(NC(C)(O)c4csc5c(N)ncnc45)c(C)ccc23)cc1. The van der Waals surface area contributed by atoms with Crippen LogP contribution in [0.2, 0.25) is 0 Å². The number of hydrogen-bond donors (Lipinski definition) is 4. The first-order valence-electron chi connectivity index (χ1n) is 11.2. The largest absolute Gasteiger partial charge is 0.481 e. The van der Waals surface area contributed by atoms with Gasteiger partial charge in [-0.25, -0.2) is 15.0 Å². The van der Waals surface area contributed by atoms with Gasteiger partial charge in [-0.15, -0.1) is 17.8 Å². The number of ether oxygens (including phenoxy) is 1. The zero-order valence-electron chi connectivity index (χ0n) is 19.7. The van der Waals surface area contributed by atoms with Gasteiger partial charge in [0.05, 0.1) is 10.2 Å². The first-order chi connectivity index (χ1) is 17.4. The second kappa shape index (κ2) is 9.34. The third-order valence-corrected chi connectivity index (χ3v) is 6.86. The predicted molar refractivity (Wildman–Crippen MR) is 146 cm³/mol. The Morgan fingerprint density at radius 3 is 2.69 bits per heavy atom. The van der Waals surface area contributed by atoms with Gasteiger partial charge in [-0.05, 0) is 49.7 Å². The molecule has 1 atom stereocenters. The first-order valence-corrected chi connectivity index (χ1v) is 12.1. The summed E-state index contributed by atoms with van der Waals surface area (Å²) in [4.78, 5) is 13.0. The molecule has 0 fully saturated rings. The maximum atomic E-state index is 11.5. The van der Waals surface area contributed by atoms with Crippen LogP contribution in [0.1, 0.15) is 18.1 Å². The van der Waals surface area contributed by atoms with Crippen LogP contribution in [-0.4, -0.2) is 26.7 Å². The molecule has 0 aliphatic carbocycles. The standard InChI is InChI=1S/C27H24N6O2S/c1-4-13-35-18-8-6-17(7-9-18)32-26-20-10-5-16(2)22(19(20)11-12-29-26)33-27(3,34)21-14-36-24-23(21)30-15-31-25(24)28/h1,5-12,14-15,33-34H,13H2,2-3H3,(H,29,32)(H2,28,30,31). The molecule has 1 unspecified atom stereocenters. The molecule has 5 rings (SSSR count). The molecule has 0 bridgehead atoms. The van der Waals surface area contributed by atoms with E-state index in [9.17, 15) is 5.11 Å². The van der Waals surface area contributed by atoms with E-state index in [0.717, 1.165) is 32.4 Å². The number of terminal acetylenes is 1. The minimum absolute atomic E-state index is 0.220.